The predicted molar refractivity (Wildman–Crippen MR) is 149 cm³/mol. The Bertz CT molecular complexity index is 1170. The van der Waals surface area contributed by atoms with Crippen LogP contribution in [0.3, 0.4) is 0 Å². The van der Waals surface area contributed by atoms with Gasteiger partial charge in [0.05, 0.1) is 12.2 Å². The van der Waals surface area contributed by atoms with Crippen molar-refractivity contribution in [2.24, 2.45) is 0 Å². The van der Waals surface area contributed by atoms with Crippen molar-refractivity contribution in [1.29, 1.82) is 0 Å². The molecule has 0 aliphatic carbocycles. The van der Waals surface area contributed by atoms with Crippen molar-refractivity contribution in [2.75, 3.05) is 6.61 Å². The molecule has 0 spiro atoms. The molecule has 3 aromatic rings. The minimum absolute atomic E-state index is 0.0458. The average Bonchev–Trinajstić information content (AvgIpc) is 3.27. The first kappa shape index (κ1) is 27.2. The molecule has 0 saturated carbocycles. The van der Waals surface area contributed by atoms with Crippen LogP contribution in [0.1, 0.15) is 68.1 Å². The highest BCUT2D eigenvalue weighted by Crippen LogP contribution is 2.24. The molecule has 4 rings (SSSR count). The molecule has 1 unspecified atom stereocenters. The lowest BCUT2D eigenvalue weighted by Crippen LogP contribution is -2.08. The SMILES string of the molecule is C=C1CC(CCCCCCCCCOc2ccc(C(=O)Oc3ccc(-c4ccccc4)cc3)cc2)OC1=O. The van der Waals surface area contributed by atoms with Crippen LogP contribution in [0.5, 0.6) is 11.5 Å². The lowest BCUT2D eigenvalue weighted by Gasteiger charge is -2.09. The van der Waals surface area contributed by atoms with Gasteiger partial charge < -0.3 is 14.2 Å². The fourth-order valence-electron chi connectivity index (χ4n) is 4.54. The van der Waals surface area contributed by atoms with E-state index >= 15 is 0 Å². The van der Waals surface area contributed by atoms with Gasteiger partial charge in [-0.05, 0) is 66.8 Å². The molecule has 5 nitrogen and oxygen atoms in total. The Balaban J connectivity index is 1.06. The summed E-state index contributed by atoms with van der Waals surface area (Å²) in [4.78, 5) is 23.8. The fraction of sp³-hybridized carbons (Fsp3) is 0.333. The highest BCUT2D eigenvalue weighted by atomic mass is 16.6. The molecule has 1 fully saturated rings. The van der Waals surface area contributed by atoms with Crippen LogP contribution in [0.2, 0.25) is 0 Å². The van der Waals surface area contributed by atoms with Crippen molar-refractivity contribution in [3.8, 4) is 22.6 Å². The maximum Gasteiger partial charge on any atom is 0.343 e. The number of esters is 2. The van der Waals surface area contributed by atoms with E-state index in [0.29, 0.717) is 29.9 Å². The molecule has 38 heavy (non-hydrogen) atoms. The number of carbonyl (C=O) groups is 2. The third-order valence-corrected chi connectivity index (χ3v) is 6.74. The van der Waals surface area contributed by atoms with Crippen LogP contribution in [0, 0.1) is 0 Å². The third-order valence-electron chi connectivity index (χ3n) is 6.74. The molecule has 1 atom stereocenters. The molecule has 1 heterocycles. The quantitative estimate of drug-likeness (QED) is 0.0949. The predicted octanol–water partition coefficient (Wildman–Crippen LogP) is 7.94. The Morgan fingerprint density at radius 3 is 2.03 bits per heavy atom. The second kappa shape index (κ2) is 14.2. The normalized spacial score (nSPS) is 14.8. The number of unbranched alkanes of at least 4 members (excludes halogenated alkanes) is 6. The fourth-order valence-corrected chi connectivity index (χ4v) is 4.54. The number of hydrogen-bond acceptors (Lipinski definition) is 5. The average molecular weight is 513 g/mol. The third kappa shape index (κ3) is 8.34. The molecular formula is C33H36O5. The Morgan fingerprint density at radius 1 is 0.763 bits per heavy atom. The van der Waals surface area contributed by atoms with Crippen molar-refractivity contribution in [3.63, 3.8) is 0 Å². The van der Waals surface area contributed by atoms with Gasteiger partial charge in [0.25, 0.3) is 0 Å². The van der Waals surface area contributed by atoms with Gasteiger partial charge in [-0.1, -0.05) is 81.1 Å². The van der Waals surface area contributed by atoms with E-state index in [1.807, 2.05) is 66.7 Å². The molecule has 3 aromatic carbocycles. The summed E-state index contributed by atoms with van der Waals surface area (Å²) in [5.41, 5.74) is 3.29. The van der Waals surface area contributed by atoms with E-state index in [9.17, 15) is 9.59 Å². The van der Waals surface area contributed by atoms with Gasteiger partial charge in [-0.25, -0.2) is 9.59 Å². The van der Waals surface area contributed by atoms with Crippen molar-refractivity contribution in [2.45, 2.75) is 63.9 Å². The molecule has 5 heteroatoms. The standard InChI is InChI=1S/C33H36O5/c1-25-24-31(38-32(25)34)14-10-5-3-2-4-6-11-23-36-29-19-17-28(18-20-29)33(35)37-30-21-15-27(16-22-30)26-12-8-7-9-13-26/h7-9,12-13,15-22,31H,1-6,10-11,14,23-24H2. The monoisotopic (exact) mass is 512 g/mol. The zero-order valence-corrected chi connectivity index (χ0v) is 21.9. The van der Waals surface area contributed by atoms with Gasteiger partial charge in [-0.2, -0.15) is 0 Å². The number of hydrogen-bond donors (Lipinski definition) is 0. The first-order chi connectivity index (χ1) is 18.6. The zero-order valence-electron chi connectivity index (χ0n) is 21.9. The van der Waals surface area contributed by atoms with Crippen molar-refractivity contribution >= 4 is 11.9 Å². The molecule has 1 aliphatic rings. The van der Waals surface area contributed by atoms with E-state index in [2.05, 4.69) is 6.58 Å². The highest BCUT2D eigenvalue weighted by Gasteiger charge is 2.26. The first-order valence-corrected chi connectivity index (χ1v) is 13.6. The van der Waals surface area contributed by atoms with Crippen LogP contribution in [-0.2, 0) is 9.53 Å². The van der Waals surface area contributed by atoms with Crippen LogP contribution in [0.25, 0.3) is 11.1 Å². The highest BCUT2D eigenvalue weighted by molar-refractivity contribution is 5.91. The van der Waals surface area contributed by atoms with E-state index in [1.54, 1.807) is 12.1 Å². The summed E-state index contributed by atoms with van der Waals surface area (Å²) >= 11 is 0. The Morgan fingerprint density at radius 2 is 1.37 bits per heavy atom. The number of carbonyl (C=O) groups excluding carboxylic acids is 2. The lowest BCUT2D eigenvalue weighted by atomic mass is 10.0. The van der Waals surface area contributed by atoms with Crippen molar-refractivity contribution < 1.29 is 23.8 Å². The molecule has 0 bridgehead atoms. The van der Waals surface area contributed by atoms with Crippen molar-refractivity contribution in [3.05, 3.63) is 96.6 Å². The van der Waals surface area contributed by atoms with Gasteiger partial charge in [-0.3, -0.25) is 0 Å². The first-order valence-electron chi connectivity index (χ1n) is 13.6. The molecular weight excluding hydrogens is 476 g/mol. The largest absolute Gasteiger partial charge is 0.494 e. The molecule has 0 aromatic heterocycles. The summed E-state index contributed by atoms with van der Waals surface area (Å²) in [6.45, 7) is 4.39. The molecule has 0 N–H and O–H groups in total. The summed E-state index contributed by atoms with van der Waals surface area (Å²) in [6, 6.07) is 24.7. The van der Waals surface area contributed by atoms with Crippen molar-refractivity contribution in [1.82, 2.24) is 0 Å². The number of rotatable bonds is 14. The van der Waals surface area contributed by atoms with Gasteiger partial charge in [0.15, 0.2) is 0 Å². The molecule has 1 aliphatic heterocycles. The summed E-state index contributed by atoms with van der Waals surface area (Å²) in [5, 5.41) is 0. The summed E-state index contributed by atoms with van der Waals surface area (Å²) in [6.07, 6.45) is 9.69. The number of ether oxygens (including phenoxy) is 3. The van der Waals surface area contributed by atoms with E-state index < -0.39 is 5.97 Å². The van der Waals surface area contributed by atoms with Gasteiger partial charge in [-0.15, -0.1) is 0 Å². The maximum atomic E-state index is 12.5. The Kier molecular flexibility index (Phi) is 10.1. The van der Waals surface area contributed by atoms with Crippen LogP contribution in [-0.4, -0.2) is 24.6 Å². The minimum atomic E-state index is -0.390. The van der Waals surface area contributed by atoms with Crippen LogP contribution < -0.4 is 9.47 Å². The molecule has 1 saturated heterocycles. The van der Waals surface area contributed by atoms with Crippen LogP contribution >= 0.6 is 0 Å². The Labute approximate surface area is 225 Å². The summed E-state index contributed by atoms with van der Waals surface area (Å²) in [7, 11) is 0. The molecule has 0 radical (unpaired) electrons. The van der Waals surface area contributed by atoms with E-state index in [4.69, 9.17) is 14.2 Å². The second-order valence-electron chi connectivity index (χ2n) is 9.75. The van der Waals surface area contributed by atoms with Gasteiger partial charge >= 0.3 is 11.9 Å². The minimum Gasteiger partial charge on any atom is -0.494 e. The van der Waals surface area contributed by atoms with Gasteiger partial charge in [0, 0.05) is 12.0 Å². The molecule has 0 amide bonds. The van der Waals surface area contributed by atoms with Crippen LogP contribution in [0.15, 0.2) is 91.0 Å². The van der Waals surface area contributed by atoms with Crippen LogP contribution in [0.4, 0.5) is 0 Å². The maximum absolute atomic E-state index is 12.5. The van der Waals surface area contributed by atoms with E-state index in [0.717, 1.165) is 42.6 Å². The lowest BCUT2D eigenvalue weighted by molar-refractivity contribution is -0.139. The Hall–Kier alpha value is -3.86. The smallest absolute Gasteiger partial charge is 0.343 e. The molecule has 198 valence electrons. The number of benzene rings is 3. The van der Waals surface area contributed by atoms with E-state index in [1.165, 1.54) is 25.7 Å². The topological polar surface area (TPSA) is 61.8 Å². The second-order valence-corrected chi connectivity index (χ2v) is 9.75. The summed E-state index contributed by atoms with van der Waals surface area (Å²) < 4.78 is 16.6. The van der Waals surface area contributed by atoms with E-state index in [-0.39, 0.29) is 12.1 Å². The zero-order chi connectivity index (χ0) is 26.6. The number of cyclic esters (lactones) is 1. The van der Waals surface area contributed by atoms with Gasteiger partial charge in [0.2, 0.25) is 0 Å². The summed E-state index contributed by atoms with van der Waals surface area (Å²) in [5.74, 6) is 0.653. The van der Waals surface area contributed by atoms with Gasteiger partial charge in [0.1, 0.15) is 17.6 Å².